The van der Waals surface area contributed by atoms with Gasteiger partial charge in [0.05, 0.1) is 19.9 Å². The van der Waals surface area contributed by atoms with Gasteiger partial charge in [0, 0.05) is 12.6 Å². The zero-order valence-corrected chi connectivity index (χ0v) is 13.2. The first-order valence-corrected chi connectivity index (χ1v) is 8.47. The number of rotatable bonds is 7. The van der Waals surface area contributed by atoms with Crippen molar-refractivity contribution in [2.24, 2.45) is 5.92 Å². The van der Waals surface area contributed by atoms with Crippen LogP contribution < -0.4 is 19.9 Å². The summed E-state index contributed by atoms with van der Waals surface area (Å²) in [7, 11) is -0.757. The van der Waals surface area contributed by atoms with E-state index in [4.69, 9.17) is 15.2 Å². The monoisotopic (exact) mass is 314 g/mol. The van der Waals surface area contributed by atoms with E-state index in [1.54, 1.807) is 0 Å². The van der Waals surface area contributed by atoms with E-state index in [0.717, 1.165) is 6.42 Å². The Morgan fingerprint density at radius 3 is 2.43 bits per heavy atom. The molecule has 1 fully saturated rings. The molecule has 0 heterocycles. The molecule has 6 nitrogen and oxygen atoms in total. The highest BCUT2D eigenvalue weighted by molar-refractivity contribution is 7.89. The van der Waals surface area contributed by atoms with E-state index in [9.17, 15) is 8.42 Å². The Labute approximate surface area is 125 Å². The van der Waals surface area contributed by atoms with Crippen LogP contribution in [0.15, 0.2) is 17.0 Å². The fourth-order valence-corrected chi connectivity index (χ4v) is 3.59. The van der Waals surface area contributed by atoms with E-state index >= 15 is 0 Å². The van der Waals surface area contributed by atoms with Crippen LogP contribution in [-0.4, -0.2) is 29.2 Å². The Morgan fingerprint density at radius 1 is 1.24 bits per heavy atom. The number of anilines is 1. The summed E-state index contributed by atoms with van der Waals surface area (Å²) in [5, 5.41) is 0. The number of benzene rings is 1. The number of sulfonamides is 1. The summed E-state index contributed by atoms with van der Waals surface area (Å²) in [6.45, 7) is 0.433. The third-order valence-corrected chi connectivity index (χ3v) is 5.36. The minimum Gasteiger partial charge on any atom is -0.495 e. The number of ether oxygens (including phenoxy) is 2. The van der Waals surface area contributed by atoms with E-state index in [0.29, 0.717) is 18.2 Å². The van der Waals surface area contributed by atoms with Crippen LogP contribution in [0.25, 0.3) is 0 Å². The second-order valence-corrected chi connectivity index (χ2v) is 6.96. The summed E-state index contributed by atoms with van der Waals surface area (Å²) in [6, 6.07) is 2.85. The van der Waals surface area contributed by atoms with Crippen LogP contribution in [0.3, 0.4) is 0 Å². The summed E-state index contributed by atoms with van der Waals surface area (Å²) in [6.07, 6.45) is 4.51. The van der Waals surface area contributed by atoms with Crippen LogP contribution >= 0.6 is 0 Å². The second-order valence-electron chi connectivity index (χ2n) is 5.23. The van der Waals surface area contributed by atoms with Gasteiger partial charge in [-0.15, -0.1) is 0 Å². The maximum Gasteiger partial charge on any atom is 0.244 e. The van der Waals surface area contributed by atoms with Gasteiger partial charge in [-0.2, -0.15) is 0 Å². The number of nitrogens with one attached hydrogen (secondary N) is 1. The van der Waals surface area contributed by atoms with Crippen molar-refractivity contribution < 1.29 is 17.9 Å². The lowest BCUT2D eigenvalue weighted by Gasteiger charge is -2.25. The van der Waals surface area contributed by atoms with Gasteiger partial charge in [-0.05, 0) is 18.4 Å². The molecular formula is C14H22N2O4S. The SMILES string of the molecule is COc1cc(OC)c(S(=O)(=O)NCCC2CCC2)cc1N. The van der Waals surface area contributed by atoms with Gasteiger partial charge >= 0.3 is 0 Å². The normalized spacial score (nSPS) is 15.5. The molecular weight excluding hydrogens is 292 g/mol. The summed E-state index contributed by atoms with van der Waals surface area (Å²) in [5.74, 6) is 1.26. The lowest BCUT2D eigenvalue weighted by Crippen LogP contribution is -2.28. The van der Waals surface area contributed by atoms with E-state index < -0.39 is 10.0 Å². The first kappa shape index (κ1) is 15.9. The average molecular weight is 314 g/mol. The molecule has 7 heteroatoms. The van der Waals surface area contributed by atoms with Gasteiger partial charge in [0.15, 0.2) is 0 Å². The zero-order valence-electron chi connectivity index (χ0n) is 12.4. The van der Waals surface area contributed by atoms with Crippen LogP contribution in [0.5, 0.6) is 11.5 Å². The molecule has 0 amide bonds. The molecule has 1 aliphatic rings. The van der Waals surface area contributed by atoms with Crippen LogP contribution in [0.4, 0.5) is 5.69 Å². The average Bonchev–Trinajstić information content (AvgIpc) is 2.41. The van der Waals surface area contributed by atoms with Crippen molar-refractivity contribution in [1.29, 1.82) is 0 Å². The molecule has 1 saturated carbocycles. The molecule has 0 unspecified atom stereocenters. The first-order chi connectivity index (χ1) is 9.97. The molecule has 118 valence electrons. The second kappa shape index (κ2) is 6.53. The van der Waals surface area contributed by atoms with Crippen LogP contribution in [-0.2, 0) is 10.0 Å². The Morgan fingerprint density at radius 2 is 1.90 bits per heavy atom. The molecule has 0 aromatic heterocycles. The quantitative estimate of drug-likeness (QED) is 0.748. The van der Waals surface area contributed by atoms with Crippen molar-refractivity contribution in [3.05, 3.63) is 12.1 Å². The smallest absolute Gasteiger partial charge is 0.244 e. The van der Waals surface area contributed by atoms with Gasteiger partial charge < -0.3 is 15.2 Å². The van der Waals surface area contributed by atoms with Crippen molar-refractivity contribution in [2.45, 2.75) is 30.6 Å². The molecule has 0 bridgehead atoms. The molecule has 0 aliphatic heterocycles. The van der Waals surface area contributed by atoms with E-state index in [-0.39, 0.29) is 16.3 Å². The zero-order chi connectivity index (χ0) is 15.5. The van der Waals surface area contributed by atoms with Crippen molar-refractivity contribution in [3.63, 3.8) is 0 Å². The number of nitrogen functional groups attached to an aromatic ring is 1. The van der Waals surface area contributed by atoms with E-state index in [2.05, 4.69) is 4.72 Å². The molecule has 1 aliphatic carbocycles. The standard InChI is InChI=1S/C14H22N2O4S/c1-19-12-9-13(20-2)14(8-11(12)15)21(17,18)16-7-6-10-4-3-5-10/h8-10,16H,3-7,15H2,1-2H3. The fraction of sp³-hybridized carbons (Fsp3) is 0.571. The van der Waals surface area contributed by atoms with Gasteiger partial charge in [-0.1, -0.05) is 19.3 Å². The highest BCUT2D eigenvalue weighted by atomic mass is 32.2. The third kappa shape index (κ3) is 3.59. The Kier molecular flexibility index (Phi) is 4.95. The van der Waals surface area contributed by atoms with Crippen molar-refractivity contribution in [3.8, 4) is 11.5 Å². The van der Waals surface area contributed by atoms with Crippen molar-refractivity contribution >= 4 is 15.7 Å². The summed E-state index contributed by atoms with van der Waals surface area (Å²) < 4.78 is 37.5. The topological polar surface area (TPSA) is 90.6 Å². The lowest BCUT2D eigenvalue weighted by molar-refractivity contribution is 0.297. The van der Waals surface area contributed by atoms with Crippen LogP contribution in [0, 0.1) is 5.92 Å². The van der Waals surface area contributed by atoms with Gasteiger partial charge in [0.25, 0.3) is 0 Å². The highest BCUT2D eigenvalue weighted by Crippen LogP contribution is 2.34. The summed E-state index contributed by atoms with van der Waals surface area (Å²) in [5.41, 5.74) is 6.05. The van der Waals surface area contributed by atoms with Gasteiger partial charge in [0.2, 0.25) is 10.0 Å². The molecule has 3 N–H and O–H groups in total. The summed E-state index contributed by atoms with van der Waals surface area (Å²) in [4.78, 5) is 0.0388. The molecule has 0 spiro atoms. The van der Waals surface area contributed by atoms with E-state index in [1.807, 2.05) is 0 Å². The van der Waals surface area contributed by atoms with E-state index in [1.165, 1.54) is 45.6 Å². The number of nitrogens with two attached hydrogens (primary N) is 1. The van der Waals surface area contributed by atoms with Gasteiger partial charge in [-0.3, -0.25) is 0 Å². The molecule has 0 atom stereocenters. The fourth-order valence-electron chi connectivity index (χ4n) is 2.36. The third-order valence-electron chi connectivity index (χ3n) is 3.87. The maximum absolute atomic E-state index is 12.4. The number of hydrogen-bond acceptors (Lipinski definition) is 5. The predicted molar refractivity (Wildman–Crippen MR) is 81.1 cm³/mol. The molecule has 2 rings (SSSR count). The number of methoxy groups -OCH3 is 2. The van der Waals surface area contributed by atoms with Gasteiger partial charge in [-0.25, -0.2) is 13.1 Å². The minimum absolute atomic E-state index is 0.0388. The lowest BCUT2D eigenvalue weighted by atomic mass is 9.83. The Bertz CT molecular complexity index is 597. The van der Waals surface area contributed by atoms with Crippen LogP contribution in [0.2, 0.25) is 0 Å². The molecule has 0 saturated heterocycles. The highest BCUT2D eigenvalue weighted by Gasteiger charge is 2.23. The number of hydrogen-bond donors (Lipinski definition) is 2. The van der Waals surface area contributed by atoms with Gasteiger partial charge in [0.1, 0.15) is 16.4 Å². The largest absolute Gasteiger partial charge is 0.495 e. The first-order valence-electron chi connectivity index (χ1n) is 6.99. The molecule has 0 radical (unpaired) electrons. The van der Waals surface area contributed by atoms with Crippen LogP contribution in [0.1, 0.15) is 25.7 Å². The maximum atomic E-state index is 12.4. The molecule has 1 aromatic rings. The molecule has 21 heavy (non-hydrogen) atoms. The Balaban J connectivity index is 2.15. The van der Waals surface area contributed by atoms with Crippen molar-refractivity contribution in [1.82, 2.24) is 4.72 Å². The summed E-state index contributed by atoms with van der Waals surface area (Å²) >= 11 is 0. The predicted octanol–water partition coefficient (Wildman–Crippen LogP) is 1.75. The Hall–Kier alpha value is -1.47. The molecule has 1 aromatic carbocycles. The van der Waals surface area contributed by atoms with Crippen molar-refractivity contribution in [2.75, 3.05) is 26.5 Å². The minimum atomic E-state index is -3.64.